The number of nitrogens with zero attached hydrogens (tertiary/aromatic N) is 1. The van der Waals surface area contributed by atoms with Crippen LogP contribution in [0.25, 0.3) is 0 Å². The molecule has 0 radical (unpaired) electrons. The molecule has 1 atom stereocenters. The van der Waals surface area contributed by atoms with Gasteiger partial charge in [-0.2, -0.15) is 0 Å². The van der Waals surface area contributed by atoms with Crippen LogP contribution in [-0.4, -0.2) is 35.8 Å². The van der Waals surface area contributed by atoms with Gasteiger partial charge in [-0.15, -0.1) is 0 Å². The predicted molar refractivity (Wildman–Crippen MR) is 58.9 cm³/mol. The van der Waals surface area contributed by atoms with Crippen molar-refractivity contribution in [3.8, 4) is 0 Å². The molecule has 1 aliphatic carbocycles. The van der Waals surface area contributed by atoms with Gasteiger partial charge >= 0.3 is 0 Å². The molecule has 0 spiro atoms. The zero-order chi connectivity index (χ0) is 10.8. The van der Waals surface area contributed by atoms with Crippen LogP contribution < -0.4 is 5.32 Å². The molecule has 1 saturated carbocycles. The van der Waals surface area contributed by atoms with E-state index < -0.39 is 0 Å². The first-order valence-corrected chi connectivity index (χ1v) is 5.83. The Kier molecular flexibility index (Phi) is 2.93. The van der Waals surface area contributed by atoms with Crippen LogP contribution in [0.4, 0.5) is 0 Å². The smallest absolute Gasteiger partial charge is 0.242 e. The average molecular weight is 209 g/mol. The quantitative estimate of drug-likeness (QED) is 0.499. The summed E-state index contributed by atoms with van der Waals surface area (Å²) in [5.74, 6) is 1.15. The van der Waals surface area contributed by atoms with Gasteiger partial charge in [0.05, 0.1) is 5.84 Å². The maximum Gasteiger partial charge on any atom is 0.242 e. The Labute approximate surface area is 90.5 Å². The molecular weight excluding hydrogens is 190 g/mol. The SMILES string of the molecule is CC1C(=O)NCCN1C(=N)C1CCCC1. The summed E-state index contributed by atoms with van der Waals surface area (Å²) in [7, 11) is 0. The number of nitrogens with one attached hydrogen (secondary N) is 2. The molecule has 1 saturated heterocycles. The molecule has 1 aliphatic heterocycles. The number of carbonyl (C=O) groups excluding carboxylic acids is 1. The van der Waals surface area contributed by atoms with Crippen LogP contribution in [0.15, 0.2) is 0 Å². The lowest BCUT2D eigenvalue weighted by molar-refractivity contribution is -0.126. The number of hydrogen-bond donors (Lipinski definition) is 2. The first-order chi connectivity index (χ1) is 7.20. The molecule has 2 fully saturated rings. The van der Waals surface area contributed by atoms with E-state index in [1.54, 1.807) is 0 Å². The van der Waals surface area contributed by atoms with Gasteiger partial charge in [-0.05, 0) is 19.8 Å². The molecule has 0 aromatic rings. The number of carbonyl (C=O) groups is 1. The molecule has 2 rings (SSSR count). The normalized spacial score (nSPS) is 27.9. The molecule has 2 aliphatic rings. The second-order valence-corrected chi connectivity index (χ2v) is 4.53. The van der Waals surface area contributed by atoms with E-state index >= 15 is 0 Å². The zero-order valence-electron chi connectivity index (χ0n) is 9.25. The predicted octanol–water partition coefficient (Wildman–Crippen LogP) is 0.974. The summed E-state index contributed by atoms with van der Waals surface area (Å²) < 4.78 is 0. The van der Waals surface area contributed by atoms with Crippen LogP contribution in [0.3, 0.4) is 0 Å². The van der Waals surface area contributed by atoms with E-state index in [1.165, 1.54) is 12.8 Å². The van der Waals surface area contributed by atoms with E-state index in [4.69, 9.17) is 5.41 Å². The van der Waals surface area contributed by atoms with Crippen molar-refractivity contribution < 1.29 is 4.79 Å². The van der Waals surface area contributed by atoms with Crippen LogP contribution in [0, 0.1) is 11.3 Å². The molecule has 0 aromatic heterocycles. The Hall–Kier alpha value is -1.06. The van der Waals surface area contributed by atoms with E-state index in [1.807, 2.05) is 11.8 Å². The molecule has 15 heavy (non-hydrogen) atoms. The monoisotopic (exact) mass is 209 g/mol. The summed E-state index contributed by atoms with van der Waals surface area (Å²) in [6, 6.07) is -0.160. The van der Waals surface area contributed by atoms with Gasteiger partial charge in [0, 0.05) is 19.0 Å². The second kappa shape index (κ2) is 4.21. The summed E-state index contributed by atoms with van der Waals surface area (Å²) in [6.45, 7) is 3.36. The minimum absolute atomic E-state index is 0.0593. The molecular formula is C11H19N3O. The third-order valence-corrected chi connectivity index (χ3v) is 3.55. The van der Waals surface area contributed by atoms with Crippen molar-refractivity contribution in [1.82, 2.24) is 10.2 Å². The van der Waals surface area contributed by atoms with Crippen molar-refractivity contribution in [3.63, 3.8) is 0 Å². The molecule has 0 aromatic carbocycles. The fourth-order valence-corrected chi connectivity index (χ4v) is 2.55. The summed E-state index contributed by atoms with van der Waals surface area (Å²) in [5, 5.41) is 11.0. The molecule has 0 bridgehead atoms. The van der Waals surface area contributed by atoms with Crippen molar-refractivity contribution in [3.05, 3.63) is 0 Å². The van der Waals surface area contributed by atoms with Crippen molar-refractivity contribution in [2.24, 2.45) is 5.92 Å². The minimum atomic E-state index is -0.160. The van der Waals surface area contributed by atoms with Gasteiger partial charge in [-0.25, -0.2) is 0 Å². The number of piperazine rings is 1. The lowest BCUT2D eigenvalue weighted by Crippen LogP contribution is -2.56. The maximum atomic E-state index is 11.5. The van der Waals surface area contributed by atoms with E-state index in [2.05, 4.69) is 5.32 Å². The van der Waals surface area contributed by atoms with E-state index in [-0.39, 0.29) is 11.9 Å². The van der Waals surface area contributed by atoms with E-state index in [0.29, 0.717) is 18.3 Å². The Bertz CT molecular complexity index is 271. The van der Waals surface area contributed by atoms with Gasteiger partial charge in [0.25, 0.3) is 0 Å². The lowest BCUT2D eigenvalue weighted by Gasteiger charge is -2.36. The first-order valence-electron chi connectivity index (χ1n) is 5.83. The maximum absolute atomic E-state index is 11.5. The zero-order valence-corrected chi connectivity index (χ0v) is 9.25. The topological polar surface area (TPSA) is 56.2 Å². The van der Waals surface area contributed by atoms with E-state index in [9.17, 15) is 4.79 Å². The number of amidine groups is 1. The van der Waals surface area contributed by atoms with Crippen molar-refractivity contribution in [1.29, 1.82) is 5.41 Å². The number of hydrogen-bond acceptors (Lipinski definition) is 2. The highest BCUT2D eigenvalue weighted by atomic mass is 16.2. The Morgan fingerprint density at radius 1 is 1.47 bits per heavy atom. The summed E-state index contributed by atoms with van der Waals surface area (Å²) in [4.78, 5) is 13.4. The van der Waals surface area contributed by atoms with Gasteiger partial charge in [-0.1, -0.05) is 12.8 Å². The second-order valence-electron chi connectivity index (χ2n) is 4.53. The van der Waals surface area contributed by atoms with Crippen LogP contribution >= 0.6 is 0 Å². The Balaban J connectivity index is 2.01. The first kappa shape index (κ1) is 10.5. The van der Waals surface area contributed by atoms with E-state index in [0.717, 1.165) is 19.4 Å². The molecule has 84 valence electrons. The van der Waals surface area contributed by atoms with Crippen LogP contribution in [-0.2, 0) is 4.79 Å². The number of rotatable bonds is 1. The molecule has 1 heterocycles. The Morgan fingerprint density at radius 2 is 2.13 bits per heavy atom. The fraction of sp³-hybridized carbons (Fsp3) is 0.818. The van der Waals surface area contributed by atoms with Crippen molar-refractivity contribution >= 4 is 11.7 Å². The summed E-state index contributed by atoms with van der Waals surface area (Å²) in [5.41, 5.74) is 0. The lowest BCUT2D eigenvalue weighted by atomic mass is 10.0. The summed E-state index contributed by atoms with van der Waals surface area (Å²) >= 11 is 0. The average Bonchev–Trinajstić information content (AvgIpc) is 2.74. The third kappa shape index (κ3) is 1.98. The van der Waals surface area contributed by atoms with Crippen LogP contribution in [0.5, 0.6) is 0 Å². The van der Waals surface area contributed by atoms with Gasteiger partial charge in [0.15, 0.2) is 0 Å². The molecule has 4 heteroatoms. The standard InChI is InChI=1S/C11H19N3O/c1-8-11(15)13-6-7-14(8)10(12)9-4-2-3-5-9/h8-9,12H,2-7H2,1H3,(H,13,15). The molecule has 2 N–H and O–H groups in total. The largest absolute Gasteiger partial charge is 0.353 e. The Morgan fingerprint density at radius 3 is 2.80 bits per heavy atom. The third-order valence-electron chi connectivity index (χ3n) is 3.55. The summed E-state index contributed by atoms with van der Waals surface area (Å²) in [6.07, 6.45) is 4.73. The van der Waals surface area contributed by atoms with Crippen LogP contribution in [0.1, 0.15) is 32.6 Å². The highest BCUT2D eigenvalue weighted by Crippen LogP contribution is 2.27. The molecule has 4 nitrogen and oxygen atoms in total. The van der Waals surface area contributed by atoms with Gasteiger partial charge < -0.3 is 10.2 Å². The fourth-order valence-electron chi connectivity index (χ4n) is 2.55. The highest BCUT2D eigenvalue weighted by Gasteiger charge is 2.31. The van der Waals surface area contributed by atoms with Crippen molar-refractivity contribution in [2.75, 3.05) is 13.1 Å². The van der Waals surface area contributed by atoms with Gasteiger partial charge in [-0.3, -0.25) is 10.2 Å². The number of amides is 1. The minimum Gasteiger partial charge on any atom is -0.353 e. The van der Waals surface area contributed by atoms with Crippen LogP contribution in [0.2, 0.25) is 0 Å². The van der Waals surface area contributed by atoms with Gasteiger partial charge in [0.1, 0.15) is 6.04 Å². The highest BCUT2D eigenvalue weighted by molar-refractivity contribution is 5.90. The van der Waals surface area contributed by atoms with Crippen molar-refractivity contribution in [2.45, 2.75) is 38.6 Å². The molecule has 1 amide bonds. The molecule has 1 unspecified atom stereocenters. The van der Waals surface area contributed by atoms with Gasteiger partial charge in [0.2, 0.25) is 5.91 Å².